The number of carbonyl (C=O) groups is 1. The molecule has 166 valence electrons. The van der Waals surface area contributed by atoms with Crippen LogP contribution in [0.15, 0.2) is 60.9 Å². The minimum atomic E-state index is -0.845. The number of hydrogen-bond donors (Lipinski definition) is 3. The summed E-state index contributed by atoms with van der Waals surface area (Å²) >= 11 is 6.05. The van der Waals surface area contributed by atoms with Gasteiger partial charge in [0.25, 0.3) is 0 Å². The Balaban J connectivity index is 0.000000523. The van der Waals surface area contributed by atoms with Gasteiger partial charge in [0.1, 0.15) is 0 Å². The number of carboxylic acids is 1. The van der Waals surface area contributed by atoms with Crippen molar-refractivity contribution in [2.45, 2.75) is 39.7 Å². The Labute approximate surface area is 192 Å². The van der Waals surface area contributed by atoms with Crippen LogP contribution in [0.1, 0.15) is 31.9 Å². The number of aromatic nitrogens is 2. The number of carboxylic acid groups (broad SMARTS) is 1. The largest absolute Gasteiger partial charge is 0.481 e. The quantitative estimate of drug-likeness (QED) is 0.342. The summed E-state index contributed by atoms with van der Waals surface area (Å²) in [4.78, 5) is 11.5. The van der Waals surface area contributed by atoms with Crippen LogP contribution in [0.2, 0.25) is 5.02 Å². The van der Waals surface area contributed by atoms with Crippen molar-refractivity contribution in [2.75, 3.05) is 0 Å². The Morgan fingerprint density at radius 1 is 1.03 bits per heavy atom. The van der Waals surface area contributed by atoms with Crippen LogP contribution < -0.4 is 0 Å². The second kappa shape index (κ2) is 9.55. The summed E-state index contributed by atoms with van der Waals surface area (Å²) in [6.07, 6.45) is 3.61. The van der Waals surface area contributed by atoms with Gasteiger partial charge in [-0.25, -0.2) is 0 Å². The molecule has 0 aliphatic heterocycles. The zero-order valence-corrected chi connectivity index (χ0v) is 19.4. The lowest BCUT2D eigenvalue weighted by Gasteiger charge is -2.16. The van der Waals surface area contributed by atoms with Gasteiger partial charge in [0.05, 0.1) is 18.2 Å². The van der Waals surface area contributed by atoms with Gasteiger partial charge in [-0.05, 0) is 84.5 Å². The molecule has 0 saturated heterocycles. The smallest absolute Gasteiger partial charge is 0.307 e. The molecule has 0 fully saturated rings. The number of aromatic amines is 1. The lowest BCUT2D eigenvalue weighted by molar-refractivity contribution is -0.136. The van der Waals surface area contributed by atoms with E-state index >= 15 is 0 Å². The zero-order valence-electron chi connectivity index (χ0n) is 18.6. The van der Waals surface area contributed by atoms with Crippen LogP contribution in [0.5, 0.6) is 0 Å². The van der Waals surface area contributed by atoms with E-state index in [1.807, 2.05) is 49.5 Å². The van der Waals surface area contributed by atoms with Gasteiger partial charge >= 0.3 is 5.97 Å². The number of rotatable bonds is 4. The average Bonchev–Trinajstić information content (AvgIpc) is 3.22. The van der Waals surface area contributed by atoms with Crippen molar-refractivity contribution in [3.8, 4) is 22.3 Å². The molecule has 6 heteroatoms. The van der Waals surface area contributed by atoms with E-state index in [-0.39, 0.29) is 6.42 Å². The highest BCUT2D eigenvalue weighted by Gasteiger charge is 2.16. The minimum absolute atomic E-state index is 0.0246. The minimum Gasteiger partial charge on any atom is -0.481 e. The van der Waals surface area contributed by atoms with E-state index in [4.69, 9.17) is 16.7 Å². The summed E-state index contributed by atoms with van der Waals surface area (Å²) in [5.41, 5.74) is 5.26. The molecule has 4 rings (SSSR count). The summed E-state index contributed by atoms with van der Waals surface area (Å²) in [5, 5.41) is 27.5. The fourth-order valence-electron chi connectivity index (χ4n) is 3.50. The molecule has 3 aromatic carbocycles. The second-order valence-electron chi connectivity index (χ2n) is 8.72. The molecule has 4 aromatic rings. The monoisotopic (exact) mass is 450 g/mol. The maximum Gasteiger partial charge on any atom is 0.307 e. The third-order valence-electron chi connectivity index (χ3n) is 4.76. The normalized spacial score (nSPS) is 11.2. The fourth-order valence-corrected chi connectivity index (χ4v) is 3.63. The van der Waals surface area contributed by atoms with Crippen LogP contribution in [-0.4, -0.2) is 32.0 Å². The van der Waals surface area contributed by atoms with Gasteiger partial charge < -0.3 is 10.2 Å². The maximum atomic E-state index is 11.5. The van der Waals surface area contributed by atoms with Crippen LogP contribution in [0.3, 0.4) is 0 Å². The molecule has 5 nitrogen and oxygen atoms in total. The first-order chi connectivity index (χ1) is 15.0. The molecule has 0 aliphatic carbocycles. The number of nitrogens with zero attached hydrogens (tertiary/aromatic N) is 1. The standard InChI is InChI=1S/C22H17ClN2O2.C4H10O/c1-13-8-16-9-15(17-11-24-25-12-17)4-7-19(16)22(20(13)10-21(26)27)14-2-5-18(23)6-3-14;1-4(2,3)5/h2-9,11-12H,10H2,1H3,(H,24,25)(H,26,27);5H,1-3H3. The molecule has 32 heavy (non-hydrogen) atoms. The van der Waals surface area contributed by atoms with Crippen LogP contribution in [0.25, 0.3) is 33.0 Å². The van der Waals surface area contributed by atoms with Crippen LogP contribution in [0.4, 0.5) is 0 Å². The molecule has 1 aromatic heterocycles. The first-order valence-corrected chi connectivity index (χ1v) is 10.7. The van der Waals surface area contributed by atoms with Crippen LogP contribution in [0, 0.1) is 6.92 Å². The number of nitrogens with one attached hydrogen (secondary N) is 1. The van der Waals surface area contributed by atoms with Crippen molar-refractivity contribution >= 4 is 28.3 Å². The molecule has 3 N–H and O–H groups in total. The molecular weight excluding hydrogens is 424 g/mol. The van der Waals surface area contributed by atoms with Gasteiger partial charge in [0.15, 0.2) is 0 Å². The highest BCUT2D eigenvalue weighted by Crippen LogP contribution is 2.37. The first-order valence-electron chi connectivity index (χ1n) is 10.3. The Morgan fingerprint density at radius 3 is 2.22 bits per heavy atom. The van der Waals surface area contributed by atoms with Gasteiger partial charge in [-0.1, -0.05) is 41.9 Å². The van der Waals surface area contributed by atoms with Crippen molar-refractivity contribution in [1.29, 1.82) is 0 Å². The van der Waals surface area contributed by atoms with Gasteiger partial charge in [0, 0.05) is 16.8 Å². The summed E-state index contributed by atoms with van der Waals surface area (Å²) < 4.78 is 0. The number of halogens is 1. The topological polar surface area (TPSA) is 86.2 Å². The van der Waals surface area contributed by atoms with E-state index in [2.05, 4.69) is 22.3 Å². The molecule has 0 radical (unpaired) electrons. The van der Waals surface area contributed by atoms with E-state index in [1.165, 1.54) is 0 Å². The van der Waals surface area contributed by atoms with Crippen molar-refractivity contribution in [3.05, 3.63) is 77.1 Å². The highest BCUT2D eigenvalue weighted by molar-refractivity contribution is 6.30. The summed E-state index contributed by atoms with van der Waals surface area (Å²) in [5.74, 6) is -0.845. The van der Waals surface area contributed by atoms with Crippen molar-refractivity contribution < 1.29 is 15.0 Å². The lowest BCUT2D eigenvalue weighted by Crippen LogP contribution is -2.10. The summed E-state index contributed by atoms with van der Waals surface area (Å²) in [7, 11) is 0. The van der Waals surface area contributed by atoms with Crippen LogP contribution in [-0.2, 0) is 11.2 Å². The number of aliphatic hydroxyl groups is 1. The SMILES string of the molecule is CC(C)(C)O.Cc1cc2cc(-c3cn[nH]c3)ccc2c(-c2ccc(Cl)cc2)c1CC(=O)O. The van der Waals surface area contributed by atoms with Gasteiger partial charge in [-0.3, -0.25) is 9.89 Å². The molecule has 0 spiro atoms. The highest BCUT2D eigenvalue weighted by atomic mass is 35.5. The molecule has 0 atom stereocenters. The van der Waals surface area contributed by atoms with E-state index < -0.39 is 11.6 Å². The molecular formula is C26H27ClN2O3. The van der Waals surface area contributed by atoms with E-state index in [0.717, 1.165) is 44.2 Å². The number of aryl methyl sites for hydroxylation is 1. The number of aliphatic carboxylic acids is 1. The molecule has 0 aliphatic rings. The lowest BCUT2D eigenvalue weighted by atomic mass is 9.87. The maximum absolute atomic E-state index is 11.5. The average molecular weight is 451 g/mol. The van der Waals surface area contributed by atoms with Crippen molar-refractivity contribution in [3.63, 3.8) is 0 Å². The Kier molecular flexibility index (Phi) is 7.02. The Bertz CT molecular complexity index is 1220. The third-order valence-corrected chi connectivity index (χ3v) is 5.02. The number of H-pyrrole nitrogens is 1. The number of benzene rings is 3. The van der Waals surface area contributed by atoms with Crippen LogP contribution >= 0.6 is 11.6 Å². The fraction of sp³-hybridized carbons (Fsp3) is 0.231. The molecule has 1 heterocycles. The third kappa shape index (κ3) is 5.96. The molecule has 0 amide bonds. The predicted octanol–water partition coefficient (Wildman–Crippen LogP) is 6.26. The van der Waals surface area contributed by atoms with Gasteiger partial charge in [-0.15, -0.1) is 0 Å². The number of fused-ring (bicyclic) bond motifs is 1. The number of hydrogen-bond acceptors (Lipinski definition) is 3. The van der Waals surface area contributed by atoms with E-state index in [0.29, 0.717) is 5.02 Å². The molecule has 0 unspecified atom stereocenters. The first kappa shape index (κ1) is 23.5. The van der Waals surface area contributed by atoms with Gasteiger partial charge in [0.2, 0.25) is 0 Å². The Morgan fingerprint density at radius 2 is 1.66 bits per heavy atom. The summed E-state index contributed by atoms with van der Waals surface area (Å²) in [6.45, 7) is 7.19. The van der Waals surface area contributed by atoms with Crippen molar-refractivity contribution in [1.82, 2.24) is 10.2 Å². The molecule has 0 bridgehead atoms. The second-order valence-corrected chi connectivity index (χ2v) is 9.15. The van der Waals surface area contributed by atoms with Gasteiger partial charge in [-0.2, -0.15) is 5.10 Å². The predicted molar refractivity (Wildman–Crippen MR) is 130 cm³/mol. The molecule has 0 saturated carbocycles. The Hall–Kier alpha value is -3.15. The summed E-state index contributed by atoms with van der Waals surface area (Å²) in [6, 6.07) is 15.8. The van der Waals surface area contributed by atoms with E-state index in [9.17, 15) is 9.90 Å². The zero-order chi connectivity index (χ0) is 23.5. The van der Waals surface area contributed by atoms with E-state index in [1.54, 1.807) is 27.0 Å². The van der Waals surface area contributed by atoms with Crippen molar-refractivity contribution in [2.24, 2.45) is 0 Å².